The number of hydrogen-bond donors (Lipinski definition) is 5. The van der Waals surface area contributed by atoms with E-state index in [1.807, 2.05) is 0 Å². The number of nitrogens with one attached hydrogen (secondary N) is 5. The van der Waals surface area contributed by atoms with Gasteiger partial charge in [0.1, 0.15) is 5.75 Å². The summed E-state index contributed by atoms with van der Waals surface area (Å²) in [6, 6.07) is 15.2. The van der Waals surface area contributed by atoms with Gasteiger partial charge in [-0.1, -0.05) is 24.3 Å². The van der Waals surface area contributed by atoms with Crippen molar-refractivity contribution in [3.05, 3.63) is 93.5 Å². The standard InChI is InChI=1S/C25H24N6O6/c1-36-19-7-5-15(6-8-19)14-29-25(35)21-13-18(32)12-20(37-21)24(34)28-10-9-22(33)30-17-4-2-3-16(11-17)23(26)31-27/h2-8,11-13,26-27H,9-10,14H2,1H3,(H,28,34)(H,29,35)(H,30,33). The molecule has 3 aromatic rings. The average Bonchev–Trinajstić information content (AvgIpc) is 2.91. The summed E-state index contributed by atoms with van der Waals surface area (Å²) >= 11 is 0. The predicted molar refractivity (Wildman–Crippen MR) is 133 cm³/mol. The molecule has 0 saturated heterocycles. The third kappa shape index (κ3) is 7.68. The molecule has 3 rings (SSSR count). The molecule has 0 aliphatic heterocycles. The van der Waals surface area contributed by atoms with Crippen molar-refractivity contribution in [2.75, 3.05) is 19.0 Å². The first-order chi connectivity index (χ1) is 17.8. The van der Waals surface area contributed by atoms with Gasteiger partial charge in [0.25, 0.3) is 11.8 Å². The molecule has 12 heteroatoms. The number of hydrogen-bond acceptors (Lipinski definition) is 8. The van der Waals surface area contributed by atoms with E-state index in [0.717, 1.165) is 17.7 Å². The Bertz CT molecular complexity index is 1380. The highest BCUT2D eigenvalue weighted by molar-refractivity contribution is 5.99. The van der Waals surface area contributed by atoms with E-state index in [1.54, 1.807) is 49.6 Å². The molecule has 0 radical (unpaired) electrons. The van der Waals surface area contributed by atoms with Crippen molar-refractivity contribution in [3.8, 4) is 5.75 Å². The van der Waals surface area contributed by atoms with Crippen molar-refractivity contribution in [2.24, 2.45) is 5.11 Å². The molecule has 37 heavy (non-hydrogen) atoms. The van der Waals surface area contributed by atoms with Crippen LogP contribution in [0.4, 0.5) is 5.69 Å². The van der Waals surface area contributed by atoms with Crippen LogP contribution in [-0.2, 0) is 11.3 Å². The molecule has 0 atom stereocenters. The first-order valence-electron chi connectivity index (χ1n) is 11.0. The van der Waals surface area contributed by atoms with E-state index in [9.17, 15) is 19.2 Å². The molecule has 0 unspecified atom stereocenters. The summed E-state index contributed by atoms with van der Waals surface area (Å²) in [7, 11) is 1.55. The zero-order valence-corrected chi connectivity index (χ0v) is 19.8. The van der Waals surface area contributed by atoms with Crippen LogP contribution in [0, 0.1) is 10.9 Å². The molecule has 0 fully saturated rings. The van der Waals surface area contributed by atoms with Crippen LogP contribution < -0.4 is 26.1 Å². The lowest BCUT2D eigenvalue weighted by molar-refractivity contribution is -0.116. The fourth-order valence-corrected chi connectivity index (χ4v) is 3.12. The molecule has 3 amide bonds. The smallest absolute Gasteiger partial charge is 0.287 e. The highest BCUT2D eigenvalue weighted by Crippen LogP contribution is 2.13. The van der Waals surface area contributed by atoms with E-state index in [2.05, 4.69) is 21.1 Å². The average molecular weight is 505 g/mol. The first kappa shape index (κ1) is 26.5. The summed E-state index contributed by atoms with van der Waals surface area (Å²) < 4.78 is 10.4. The van der Waals surface area contributed by atoms with Crippen LogP contribution in [0.5, 0.6) is 5.75 Å². The number of amides is 3. The minimum Gasteiger partial charge on any atom is -0.497 e. The van der Waals surface area contributed by atoms with Gasteiger partial charge in [0.15, 0.2) is 22.8 Å². The van der Waals surface area contributed by atoms with Gasteiger partial charge < -0.3 is 25.1 Å². The summed E-state index contributed by atoms with van der Waals surface area (Å²) in [5.41, 5.74) is 7.87. The second-order valence-electron chi connectivity index (χ2n) is 7.65. The summed E-state index contributed by atoms with van der Waals surface area (Å²) in [6.07, 6.45) is -0.0947. The Kier molecular flexibility index (Phi) is 8.97. The third-order valence-corrected chi connectivity index (χ3v) is 5.00. The van der Waals surface area contributed by atoms with Crippen molar-refractivity contribution in [1.82, 2.24) is 10.6 Å². The van der Waals surface area contributed by atoms with Gasteiger partial charge in [-0.15, -0.1) is 5.11 Å². The van der Waals surface area contributed by atoms with Gasteiger partial charge in [0.2, 0.25) is 5.91 Å². The number of anilines is 1. The Morgan fingerprint density at radius 3 is 2.30 bits per heavy atom. The van der Waals surface area contributed by atoms with Crippen LogP contribution in [0.25, 0.3) is 0 Å². The Morgan fingerprint density at radius 1 is 0.973 bits per heavy atom. The fraction of sp³-hybridized carbons (Fsp3) is 0.160. The zero-order chi connectivity index (χ0) is 26.8. The molecule has 0 aliphatic rings. The Morgan fingerprint density at radius 2 is 1.65 bits per heavy atom. The molecular weight excluding hydrogens is 480 g/mol. The maximum absolute atomic E-state index is 12.4. The second kappa shape index (κ2) is 12.5. The van der Waals surface area contributed by atoms with Crippen molar-refractivity contribution < 1.29 is 23.5 Å². The number of benzene rings is 2. The van der Waals surface area contributed by atoms with E-state index in [0.29, 0.717) is 17.0 Å². The lowest BCUT2D eigenvalue weighted by Crippen LogP contribution is -2.29. The largest absolute Gasteiger partial charge is 0.497 e. The van der Waals surface area contributed by atoms with Gasteiger partial charge in [-0.25, -0.2) is 5.53 Å². The van der Waals surface area contributed by atoms with E-state index >= 15 is 0 Å². The molecular formula is C25H24N6O6. The monoisotopic (exact) mass is 504 g/mol. The maximum Gasteiger partial charge on any atom is 0.287 e. The fourth-order valence-electron chi connectivity index (χ4n) is 3.12. The molecule has 1 aromatic heterocycles. The van der Waals surface area contributed by atoms with Gasteiger partial charge in [-0.3, -0.25) is 24.6 Å². The second-order valence-corrected chi connectivity index (χ2v) is 7.65. The van der Waals surface area contributed by atoms with Crippen LogP contribution in [0.15, 0.2) is 75.0 Å². The number of ether oxygens (including phenoxy) is 1. The Hall–Kier alpha value is -5.13. The van der Waals surface area contributed by atoms with Crippen molar-refractivity contribution in [2.45, 2.75) is 13.0 Å². The highest BCUT2D eigenvalue weighted by Gasteiger charge is 2.16. The Labute approximate surface area is 211 Å². The van der Waals surface area contributed by atoms with Gasteiger partial charge in [-0.2, -0.15) is 0 Å². The van der Waals surface area contributed by atoms with E-state index in [4.69, 9.17) is 20.1 Å². The number of carbonyl (C=O) groups excluding carboxylic acids is 3. The molecule has 2 aromatic carbocycles. The van der Waals surface area contributed by atoms with Crippen molar-refractivity contribution in [1.29, 1.82) is 10.9 Å². The normalized spacial score (nSPS) is 10.2. The molecule has 0 spiro atoms. The molecule has 190 valence electrons. The van der Waals surface area contributed by atoms with Gasteiger partial charge in [0.05, 0.1) is 7.11 Å². The Balaban J connectivity index is 1.53. The molecule has 1 heterocycles. The van der Waals surface area contributed by atoms with Gasteiger partial charge in [0, 0.05) is 42.9 Å². The lowest BCUT2D eigenvalue weighted by atomic mass is 10.2. The minimum absolute atomic E-state index is 0.0696. The summed E-state index contributed by atoms with van der Waals surface area (Å²) in [6.45, 7) is 0.0971. The quantitative estimate of drug-likeness (QED) is 0.160. The molecule has 5 N–H and O–H groups in total. The van der Waals surface area contributed by atoms with Crippen LogP contribution in [0.2, 0.25) is 0 Å². The number of methoxy groups -OCH3 is 1. The maximum atomic E-state index is 12.4. The third-order valence-electron chi connectivity index (χ3n) is 5.00. The minimum atomic E-state index is -0.762. The number of carbonyl (C=O) groups is 3. The van der Waals surface area contributed by atoms with Crippen LogP contribution in [0.3, 0.4) is 0 Å². The number of amidine groups is 1. The van der Waals surface area contributed by atoms with E-state index in [-0.39, 0.29) is 36.9 Å². The van der Waals surface area contributed by atoms with Gasteiger partial charge in [-0.05, 0) is 29.8 Å². The number of rotatable bonds is 10. The van der Waals surface area contributed by atoms with Crippen LogP contribution >= 0.6 is 0 Å². The molecule has 0 bridgehead atoms. The number of nitrogens with zero attached hydrogens (tertiary/aromatic N) is 1. The summed E-state index contributed by atoms with van der Waals surface area (Å²) in [5.74, 6) is -2.12. The van der Waals surface area contributed by atoms with Crippen molar-refractivity contribution >= 4 is 29.2 Å². The predicted octanol–water partition coefficient (Wildman–Crippen LogP) is 2.69. The summed E-state index contributed by atoms with van der Waals surface area (Å²) in [4.78, 5) is 49.1. The van der Waals surface area contributed by atoms with Crippen LogP contribution in [0.1, 0.15) is 38.7 Å². The lowest BCUT2D eigenvalue weighted by Gasteiger charge is -2.09. The SMILES string of the molecule is COc1ccc(CNC(=O)c2cc(=O)cc(C(=O)NCCC(=O)Nc3cccc(C(=N)N=N)c3)o2)cc1. The summed E-state index contributed by atoms with van der Waals surface area (Å²) in [5, 5.41) is 18.3. The highest BCUT2D eigenvalue weighted by atomic mass is 16.5. The molecule has 12 nitrogen and oxygen atoms in total. The van der Waals surface area contributed by atoms with Crippen LogP contribution in [-0.4, -0.2) is 37.2 Å². The van der Waals surface area contributed by atoms with Gasteiger partial charge >= 0.3 is 0 Å². The first-order valence-corrected chi connectivity index (χ1v) is 11.0. The zero-order valence-electron chi connectivity index (χ0n) is 19.8. The van der Waals surface area contributed by atoms with Crippen molar-refractivity contribution in [3.63, 3.8) is 0 Å². The van der Waals surface area contributed by atoms with E-state index < -0.39 is 23.2 Å². The molecule has 0 aliphatic carbocycles. The molecule has 0 saturated carbocycles. The topological polar surface area (TPSA) is 187 Å². The van der Waals surface area contributed by atoms with E-state index in [1.165, 1.54) is 6.07 Å².